The first-order valence-corrected chi connectivity index (χ1v) is 7.67. The van der Waals surface area contributed by atoms with E-state index in [1.807, 2.05) is 0 Å². The first kappa shape index (κ1) is 18.3. The van der Waals surface area contributed by atoms with E-state index in [-0.39, 0.29) is 11.1 Å². The molecule has 0 atom stereocenters. The molecule has 0 bridgehead atoms. The number of nitrogens with one attached hydrogen (secondary N) is 3. The molecule has 0 spiro atoms. The Kier molecular flexibility index (Phi) is 5.64. The summed E-state index contributed by atoms with van der Waals surface area (Å²) in [7, 11) is 0. The average molecular weight is 343 g/mol. The van der Waals surface area contributed by atoms with Crippen LogP contribution in [0.25, 0.3) is 5.57 Å². The lowest BCUT2D eigenvalue weighted by atomic mass is 9.97. The predicted octanol–water partition coefficient (Wildman–Crippen LogP) is 4.65. The van der Waals surface area contributed by atoms with E-state index in [2.05, 4.69) is 10.2 Å². The van der Waals surface area contributed by atoms with Gasteiger partial charge >= 0.3 is 0 Å². The third-order valence-electron chi connectivity index (χ3n) is 3.88. The van der Waals surface area contributed by atoms with Crippen LogP contribution < -0.4 is 0 Å². The summed E-state index contributed by atoms with van der Waals surface area (Å²) in [6.07, 6.45) is 5.93. The quantitative estimate of drug-likeness (QED) is 0.549. The van der Waals surface area contributed by atoms with Gasteiger partial charge in [0.15, 0.2) is 0 Å². The lowest BCUT2D eigenvalue weighted by molar-refractivity contribution is 0.103. The molecule has 6 heteroatoms. The van der Waals surface area contributed by atoms with Crippen LogP contribution in [0.15, 0.2) is 36.7 Å². The molecule has 2 rings (SSSR count). The molecular formula is C19H19F2N3O. The van der Waals surface area contributed by atoms with Crippen molar-refractivity contribution in [3.05, 3.63) is 76.1 Å². The highest BCUT2D eigenvalue weighted by molar-refractivity contribution is 6.11. The topological polar surface area (TPSA) is 72.5 Å². The highest BCUT2D eigenvalue weighted by atomic mass is 19.1. The van der Waals surface area contributed by atoms with E-state index in [1.54, 1.807) is 32.2 Å². The molecule has 25 heavy (non-hydrogen) atoms. The maximum absolute atomic E-state index is 14.3. The van der Waals surface area contributed by atoms with E-state index in [0.29, 0.717) is 16.7 Å². The fourth-order valence-electron chi connectivity index (χ4n) is 2.44. The van der Waals surface area contributed by atoms with Crippen LogP contribution in [-0.4, -0.2) is 22.2 Å². The Bertz CT molecular complexity index is 905. The zero-order valence-corrected chi connectivity index (χ0v) is 14.2. The first-order valence-electron chi connectivity index (χ1n) is 7.67. The third kappa shape index (κ3) is 3.74. The largest absolute Gasteiger partial charge is 0.308 e. The third-order valence-corrected chi connectivity index (χ3v) is 3.88. The van der Waals surface area contributed by atoms with E-state index < -0.39 is 23.0 Å². The summed E-state index contributed by atoms with van der Waals surface area (Å²) >= 11 is 0. The van der Waals surface area contributed by atoms with Gasteiger partial charge in [-0.1, -0.05) is 12.1 Å². The number of H-pyrrole nitrogens is 2. The predicted molar refractivity (Wildman–Crippen MR) is 94.5 cm³/mol. The van der Waals surface area contributed by atoms with Gasteiger partial charge in [-0.15, -0.1) is 0 Å². The summed E-state index contributed by atoms with van der Waals surface area (Å²) in [5.41, 5.74) is 1.56. The van der Waals surface area contributed by atoms with Crippen molar-refractivity contribution in [2.75, 3.05) is 0 Å². The van der Waals surface area contributed by atoms with Gasteiger partial charge in [0.05, 0.1) is 5.56 Å². The Balaban J connectivity index is 2.68. The number of ketones is 1. The average Bonchev–Trinajstić information content (AvgIpc) is 2.57. The molecule has 0 aliphatic rings. The van der Waals surface area contributed by atoms with Gasteiger partial charge in [-0.05, 0) is 49.6 Å². The van der Waals surface area contributed by atoms with Gasteiger partial charge < -0.3 is 15.6 Å². The van der Waals surface area contributed by atoms with Crippen LogP contribution >= 0.6 is 0 Å². The van der Waals surface area contributed by atoms with E-state index in [9.17, 15) is 13.6 Å². The molecule has 0 unspecified atom stereocenters. The molecule has 0 amide bonds. The molecule has 0 radical (unpaired) electrons. The second-order valence-corrected chi connectivity index (χ2v) is 5.54. The lowest BCUT2D eigenvalue weighted by Crippen LogP contribution is -2.10. The molecule has 0 saturated heterocycles. The van der Waals surface area contributed by atoms with Crippen molar-refractivity contribution >= 4 is 17.6 Å². The fourth-order valence-corrected chi connectivity index (χ4v) is 2.44. The Hall–Kier alpha value is -3.02. The molecule has 4 nitrogen and oxygen atoms in total. The number of aromatic amines is 2. The molecule has 3 N–H and O–H groups in total. The first-order chi connectivity index (χ1) is 11.9. The van der Waals surface area contributed by atoms with Gasteiger partial charge in [0, 0.05) is 29.7 Å². The number of aryl methyl sites for hydroxylation is 2. The van der Waals surface area contributed by atoms with Crippen molar-refractivity contribution in [3.63, 3.8) is 0 Å². The second kappa shape index (κ2) is 7.70. The Morgan fingerprint density at radius 2 is 1.80 bits per heavy atom. The van der Waals surface area contributed by atoms with Crippen molar-refractivity contribution in [1.82, 2.24) is 10.2 Å². The number of benzene rings is 1. The molecule has 1 aromatic carbocycles. The van der Waals surface area contributed by atoms with Crippen LogP contribution in [0.4, 0.5) is 8.78 Å². The Labute approximate surface area is 144 Å². The summed E-state index contributed by atoms with van der Waals surface area (Å²) < 4.78 is 28.4. The summed E-state index contributed by atoms with van der Waals surface area (Å²) in [6, 6.07) is 4.06. The van der Waals surface area contributed by atoms with Gasteiger partial charge in [-0.25, -0.2) is 8.78 Å². The van der Waals surface area contributed by atoms with E-state index >= 15 is 0 Å². The van der Waals surface area contributed by atoms with Crippen molar-refractivity contribution in [3.8, 4) is 0 Å². The van der Waals surface area contributed by atoms with E-state index in [0.717, 1.165) is 6.07 Å². The Morgan fingerprint density at radius 1 is 1.12 bits per heavy atom. The second-order valence-electron chi connectivity index (χ2n) is 5.54. The molecule has 1 aromatic heterocycles. The van der Waals surface area contributed by atoms with E-state index in [1.165, 1.54) is 25.4 Å². The Morgan fingerprint density at radius 3 is 2.44 bits per heavy atom. The van der Waals surface area contributed by atoms with Crippen LogP contribution in [0.2, 0.25) is 0 Å². The van der Waals surface area contributed by atoms with Crippen molar-refractivity contribution in [2.24, 2.45) is 0 Å². The minimum Gasteiger partial charge on any atom is -0.308 e. The maximum Gasteiger partial charge on any atom is 0.200 e. The summed E-state index contributed by atoms with van der Waals surface area (Å²) in [5.74, 6) is -2.51. The van der Waals surface area contributed by atoms with Crippen molar-refractivity contribution < 1.29 is 13.6 Å². The van der Waals surface area contributed by atoms with Gasteiger partial charge in [0.25, 0.3) is 0 Å². The van der Waals surface area contributed by atoms with Crippen LogP contribution in [0.3, 0.4) is 0 Å². The number of carbonyl (C=O) groups excluding carboxylic acids is 1. The van der Waals surface area contributed by atoms with Crippen LogP contribution in [0, 0.1) is 30.9 Å². The number of rotatable bonds is 4. The normalized spacial score (nSPS) is 11.2. The molecule has 1 heterocycles. The minimum absolute atomic E-state index is 0.127. The van der Waals surface area contributed by atoms with Crippen LogP contribution in [0.5, 0.6) is 0 Å². The van der Waals surface area contributed by atoms with Crippen LogP contribution in [-0.2, 0) is 0 Å². The maximum atomic E-state index is 14.3. The van der Waals surface area contributed by atoms with Gasteiger partial charge in [-0.2, -0.15) is 0 Å². The van der Waals surface area contributed by atoms with Crippen molar-refractivity contribution in [2.45, 2.75) is 20.8 Å². The number of allylic oxidation sites excluding steroid dienone is 2. The molecule has 2 aromatic rings. The summed E-state index contributed by atoms with van der Waals surface area (Å²) in [6.45, 7) is 4.94. The molecule has 0 aliphatic heterocycles. The van der Waals surface area contributed by atoms with Gasteiger partial charge in [-0.3, -0.25) is 4.79 Å². The molecular weight excluding hydrogens is 324 g/mol. The monoisotopic (exact) mass is 343 g/mol. The number of carbonyl (C=O) groups is 1. The SMILES string of the molecule is C/C=C(\C=N)c1c[nH][nH]cc(C(=O)c2c(F)ccc(C)c2F)c(C)c1. The minimum atomic E-state index is -0.902. The lowest BCUT2D eigenvalue weighted by Gasteiger charge is -2.09. The number of aromatic nitrogens is 2. The van der Waals surface area contributed by atoms with Crippen molar-refractivity contribution in [1.29, 1.82) is 5.41 Å². The number of halogens is 2. The summed E-state index contributed by atoms with van der Waals surface area (Å²) in [4.78, 5) is 12.7. The smallest absolute Gasteiger partial charge is 0.200 e. The summed E-state index contributed by atoms with van der Waals surface area (Å²) in [5, 5.41) is 12.9. The fraction of sp³-hybridized carbons (Fsp3) is 0.158. The molecule has 0 saturated carbocycles. The van der Waals surface area contributed by atoms with Gasteiger partial charge in [0.1, 0.15) is 11.6 Å². The highest BCUT2D eigenvalue weighted by Crippen LogP contribution is 2.22. The number of hydrogen-bond acceptors (Lipinski definition) is 2. The zero-order chi connectivity index (χ0) is 18.6. The standard InChI is InChI=1S/C19H19F2N3O/c1-4-13(8-22)14-7-12(3)15(10-24-23-9-14)19(25)17-16(20)6-5-11(2)18(17)21/h4-10,22-24H,1-3H3/b12-7?,13-4+,14-9?,15-10?,22-8?. The molecule has 0 aliphatic carbocycles. The molecule has 0 fully saturated rings. The number of hydrogen-bond donors (Lipinski definition) is 3. The van der Waals surface area contributed by atoms with Crippen LogP contribution in [0.1, 0.15) is 39.5 Å². The molecule has 130 valence electrons. The zero-order valence-electron chi connectivity index (χ0n) is 14.2. The highest BCUT2D eigenvalue weighted by Gasteiger charge is 2.21. The van der Waals surface area contributed by atoms with Gasteiger partial charge in [0.2, 0.25) is 5.78 Å². The van der Waals surface area contributed by atoms with E-state index in [4.69, 9.17) is 5.41 Å².